The summed E-state index contributed by atoms with van der Waals surface area (Å²) in [6.07, 6.45) is 1.32. The zero-order valence-electron chi connectivity index (χ0n) is 13.0. The number of carbonyl (C=O) groups excluding carboxylic acids is 1. The Hall–Kier alpha value is -1.87. The van der Waals surface area contributed by atoms with Crippen LogP contribution in [0.2, 0.25) is 0 Å². The molecule has 8 nitrogen and oxygen atoms in total. The van der Waals surface area contributed by atoms with Gasteiger partial charge in [-0.2, -0.15) is 17.0 Å². The SMILES string of the molecule is C=CCN(CC(=O)O)S(=O)(=O)N(CC=C)C(=O)OC(C)(C)C. The minimum Gasteiger partial charge on any atom is -0.480 e. The number of aliphatic carboxylic acids is 1. The summed E-state index contributed by atoms with van der Waals surface area (Å²) in [5.41, 5.74) is -0.901. The maximum absolute atomic E-state index is 12.5. The Morgan fingerprint density at radius 2 is 1.68 bits per heavy atom. The summed E-state index contributed by atoms with van der Waals surface area (Å²) in [6.45, 7) is 10.1. The third-order valence-electron chi connectivity index (χ3n) is 2.14. The second kappa shape index (κ2) is 7.95. The fourth-order valence-electron chi connectivity index (χ4n) is 1.37. The van der Waals surface area contributed by atoms with E-state index in [9.17, 15) is 18.0 Å². The molecule has 0 spiro atoms. The number of carboxylic acid groups (broad SMARTS) is 1. The van der Waals surface area contributed by atoms with Crippen LogP contribution in [0.4, 0.5) is 4.79 Å². The molecule has 0 atom stereocenters. The van der Waals surface area contributed by atoms with Gasteiger partial charge >= 0.3 is 22.3 Å². The summed E-state index contributed by atoms with van der Waals surface area (Å²) in [7, 11) is -4.39. The molecule has 0 rings (SSSR count). The number of carbonyl (C=O) groups is 2. The third kappa shape index (κ3) is 6.27. The number of rotatable bonds is 8. The fourth-order valence-corrected chi connectivity index (χ4v) is 2.73. The van der Waals surface area contributed by atoms with Crippen molar-refractivity contribution in [3.63, 3.8) is 0 Å². The van der Waals surface area contributed by atoms with Gasteiger partial charge in [0.25, 0.3) is 0 Å². The predicted molar refractivity (Wildman–Crippen MR) is 81.5 cm³/mol. The third-order valence-corrected chi connectivity index (χ3v) is 3.93. The molecule has 1 N–H and O–H groups in total. The van der Waals surface area contributed by atoms with E-state index in [4.69, 9.17) is 9.84 Å². The van der Waals surface area contributed by atoms with Gasteiger partial charge in [-0.05, 0) is 20.8 Å². The summed E-state index contributed by atoms with van der Waals surface area (Å²) in [4.78, 5) is 22.9. The van der Waals surface area contributed by atoms with Crippen molar-refractivity contribution in [2.75, 3.05) is 19.6 Å². The van der Waals surface area contributed by atoms with Gasteiger partial charge < -0.3 is 9.84 Å². The number of nitrogens with zero attached hydrogens (tertiary/aromatic N) is 2. The Morgan fingerprint density at radius 3 is 2.05 bits per heavy atom. The van der Waals surface area contributed by atoms with Crippen molar-refractivity contribution in [3.8, 4) is 0 Å². The Bertz CT molecular complexity index is 535. The molecular formula is C13H22N2O6S. The van der Waals surface area contributed by atoms with Crippen LogP contribution in [-0.2, 0) is 19.7 Å². The van der Waals surface area contributed by atoms with Crippen LogP contribution in [0, 0.1) is 0 Å². The standard InChI is InChI=1S/C13H22N2O6S/c1-6-8-14(10-11(16)17)22(19,20)15(9-7-2)12(18)21-13(3,4)5/h6-7H,1-2,8-10H2,3-5H3,(H,16,17). The van der Waals surface area contributed by atoms with Crippen LogP contribution in [0.5, 0.6) is 0 Å². The molecule has 0 saturated heterocycles. The van der Waals surface area contributed by atoms with E-state index in [1.165, 1.54) is 12.2 Å². The molecule has 1 amide bonds. The summed E-state index contributed by atoms with van der Waals surface area (Å²) in [6, 6.07) is 0. The van der Waals surface area contributed by atoms with E-state index in [2.05, 4.69) is 13.2 Å². The predicted octanol–water partition coefficient (Wildman–Crippen LogP) is 1.23. The van der Waals surface area contributed by atoms with Crippen molar-refractivity contribution in [1.29, 1.82) is 0 Å². The number of carboxylic acids is 1. The topological polar surface area (TPSA) is 104 Å². The van der Waals surface area contributed by atoms with Crippen LogP contribution >= 0.6 is 0 Å². The van der Waals surface area contributed by atoms with Gasteiger partial charge in [0, 0.05) is 6.54 Å². The van der Waals surface area contributed by atoms with Gasteiger partial charge in [-0.1, -0.05) is 12.2 Å². The maximum Gasteiger partial charge on any atom is 0.425 e. The van der Waals surface area contributed by atoms with E-state index in [1.54, 1.807) is 20.8 Å². The molecule has 0 aliphatic carbocycles. The Morgan fingerprint density at radius 1 is 1.18 bits per heavy atom. The highest BCUT2D eigenvalue weighted by Gasteiger charge is 2.36. The molecule has 0 saturated carbocycles. The van der Waals surface area contributed by atoms with Gasteiger partial charge in [-0.25, -0.2) is 4.79 Å². The van der Waals surface area contributed by atoms with Crippen LogP contribution in [-0.4, -0.2) is 59.4 Å². The molecule has 0 aliphatic heterocycles. The van der Waals surface area contributed by atoms with E-state index in [0.29, 0.717) is 8.61 Å². The van der Waals surface area contributed by atoms with Crippen LogP contribution in [0.1, 0.15) is 20.8 Å². The lowest BCUT2D eigenvalue weighted by molar-refractivity contribution is -0.137. The van der Waals surface area contributed by atoms with Gasteiger partial charge in [-0.15, -0.1) is 13.2 Å². The summed E-state index contributed by atoms with van der Waals surface area (Å²) in [5.74, 6) is -1.35. The van der Waals surface area contributed by atoms with Crippen molar-refractivity contribution in [3.05, 3.63) is 25.3 Å². The molecule has 0 aromatic heterocycles. The molecule has 9 heteroatoms. The Balaban J connectivity index is 5.58. The number of amides is 1. The molecule has 0 heterocycles. The first kappa shape index (κ1) is 20.1. The van der Waals surface area contributed by atoms with E-state index in [1.807, 2.05) is 0 Å². The first-order valence-corrected chi connectivity index (χ1v) is 7.79. The molecule has 0 aliphatic rings. The molecule has 126 valence electrons. The lowest BCUT2D eigenvalue weighted by Crippen LogP contribution is -2.49. The number of hydrogen-bond acceptors (Lipinski definition) is 5. The molecule has 0 bridgehead atoms. The zero-order valence-corrected chi connectivity index (χ0v) is 13.8. The van der Waals surface area contributed by atoms with Gasteiger partial charge in [0.1, 0.15) is 12.1 Å². The van der Waals surface area contributed by atoms with E-state index < -0.39 is 34.4 Å². The molecule has 0 radical (unpaired) electrons. The van der Waals surface area contributed by atoms with E-state index in [0.717, 1.165) is 0 Å². The van der Waals surface area contributed by atoms with Crippen molar-refractivity contribution in [1.82, 2.24) is 8.61 Å². The van der Waals surface area contributed by atoms with Crippen molar-refractivity contribution in [2.45, 2.75) is 26.4 Å². The second-order valence-electron chi connectivity index (χ2n) is 5.28. The number of hydrogen-bond donors (Lipinski definition) is 1. The first-order chi connectivity index (χ1) is 9.95. The smallest absolute Gasteiger partial charge is 0.425 e. The minimum absolute atomic E-state index is 0.259. The minimum atomic E-state index is -4.39. The van der Waals surface area contributed by atoms with Crippen molar-refractivity contribution in [2.24, 2.45) is 0 Å². The average Bonchev–Trinajstić information content (AvgIpc) is 2.32. The average molecular weight is 334 g/mol. The monoisotopic (exact) mass is 334 g/mol. The van der Waals surface area contributed by atoms with Gasteiger partial charge in [0.2, 0.25) is 0 Å². The maximum atomic E-state index is 12.5. The van der Waals surface area contributed by atoms with Gasteiger partial charge in [0.15, 0.2) is 0 Å². The van der Waals surface area contributed by atoms with E-state index >= 15 is 0 Å². The highest BCUT2D eigenvalue weighted by atomic mass is 32.2. The molecule has 0 aromatic rings. The number of ether oxygens (including phenoxy) is 1. The Labute approximate surface area is 130 Å². The Kier molecular flexibility index (Phi) is 7.27. The quantitative estimate of drug-likeness (QED) is 0.669. The summed E-state index contributed by atoms with van der Waals surface area (Å²) >= 11 is 0. The molecule has 0 aromatic carbocycles. The normalized spacial score (nSPS) is 11.8. The molecule has 0 fully saturated rings. The zero-order chi connectivity index (χ0) is 17.6. The van der Waals surface area contributed by atoms with Crippen molar-refractivity contribution >= 4 is 22.3 Å². The molecular weight excluding hydrogens is 312 g/mol. The summed E-state index contributed by atoms with van der Waals surface area (Å²) < 4.78 is 31.0. The van der Waals surface area contributed by atoms with Crippen LogP contribution in [0.3, 0.4) is 0 Å². The highest BCUT2D eigenvalue weighted by molar-refractivity contribution is 7.87. The molecule has 22 heavy (non-hydrogen) atoms. The second-order valence-corrected chi connectivity index (χ2v) is 7.14. The van der Waals surface area contributed by atoms with Crippen LogP contribution in [0.25, 0.3) is 0 Å². The van der Waals surface area contributed by atoms with Crippen LogP contribution < -0.4 is 0 Å². The lowest BCUT2D eigenvalue weighted by atomic mass is 10.2. The largest absolute Gasteiger partial charge is 0.480 e. The highest BCUT2D eigenvalue weighted by Crippen LogP contribution is 2.15. The van der Waals surface area contributed by atoms with E-state index in [-0.39, 0.29) is 13.1 Å². The fraction of sp³-hybridized carbons (Fsp3) is 0.538. The first-order valence-electron chi connectivity index (χ1n) is 6.40. The van der Waals surface area contributed by atoms with Crippen LogP contribution in [0.15, 0.2) is 25.3 Å². The van der Waals surface area contributed by atoms with Gasteiger partial charge in [-0.3, -0.25) is 4.79 Å². The van der Waals surface area contributed by atoms with Crippen molar-refractivity contribution < 1.29 is 27.9 Å². The van der Waals surface area contributed by atoms with Gasteiger partial charge in [0.05, 0.1) is 6.54 Å². The summed E-state index contributed by atoms with van der Waals surface area (Å²) in [5, 5.41) is 8.82. The lowest BCUT2D eigenvalue weighted by Gasteiger charge is -2.29. The molecule has 0 unspecified atom stereocenters.